The molecule has 1 heterocycles. The molecule has 1 N–H and O–H groups in total. The summed E-state index contributed by atoms with van der Waals surface area (Å²) in [7, 11) is 0. The van der Waals surface area contributed by atoms with Crippen LogP contribution in [0.4, 0.5) is 0 Å². The summed E-state index contributed by atoms with van der Waals surface area (Å²) in [5.41, 5.74) is 0. The summed E-state index contributed by atoms with van der Waals surface area (Å²) in [6.07, 6.45) is 0.946. The zero-order valence-electron chi connectivity index (χ0n) is 7.28. The SMILES string of the molecule is O=CCN1CCN(CCO)CC1. The number of aldehydes is 1. The molecule has 0 bridgehead atoms. The number of hydrogen-bond acceptors (Lipinski definition) is 4. The molecule has 1 fully saturated rings. The lowest BCUT2D eigenvalue weighted by molar-refractivity contribution is -0.109. The normalized spacial score (nSPS) is 21.1. The van der Waals surface area contributed by atoms with E-state index in [1.807, 2.05) is 0 Å². The second-order valence-corrected chi connectivity index (χ2v) is 3.03. The van der Waals surface area contributed by atoms with E-state index in [2.05, 4.69) is 9.80 Å². The van der Waals surface area contributed by atoms with Crippen LogP contribution < -0.4 is 0 Å². The average Bonchev–Trinajstić information content (AvgIpc) is 2.09. The topological polar surface area (TPSA) is 43.8 Å². The van der Waals surface area contributed by atoms with E-state index in [1.165, 1.54) is 0 Å². The van der Waals surface area contributed by atoms with Gasteiger partial charge in [0.05, 0.1) is 13.2 Å². The van der Waals surface area contributed by atoms with Crippen molar-refractivity contribution in [1.82, 2.24) is 9.80 Å². The molecular formula is C8H16N2O2. The first-order valence-corrected chi connectivity index (χ1v) is 4.36. The standard InChI is InChI=1S/C8H16N2O2/c11-7-5-9-1-2-10(4-3-9)6-8-12/h7,12H,1-6,8H2. The first-order valence-electron chi connectivity index (χ1n) is 4.36. The molecule has 0 spiro atoms. The van der Waals surface area contributed by atoms with Crippen LogP contribution >= 0.6 is 0 Å². The molecule has 0 atom stereocenters. The average molecular weight is 172 g/mol. The third-order valence-electron chi connectivity index (χ3n) is 2.21. The largest absolute Gasteiger partial charge is 0.395 e. The molecule has 4 heteroatoms. The Morgan fingerprint density at radius 3 is 2.25 bits per heavy atom. The Balaban J connectivity index is 2.15. The molecule has 0 aromatic rings. The summed E-state index contributed by atoms with van der Waals surface area (Å²) in [5.74, 6) is 0. The quantitative estimate of drug-likeness (QED) is 0.541. The van der Waals surface area contributed by atoms with Crippen LogP contribution in [0.3, 0.4) is 0 Å². The predicted octanol–water partition coefficient (Wildman–Crippen LogP) is -1.20. The number of aliphatic hydroxyl groups is 1. The Labute approximate surface area is 72.8 Å². The highest BCUT2D eigenvalue weighted by molar-refractivity contribution is 5.51. The number of β-amino-alcohol motifs (C(OH)–C–C–N with tert-alkyl or cyclic N) is 1. The summed E-state index contributed by atoms with van der Waals surface area (Å²) in [6, 6.07) is 0. The van der Waals surface area contributed by atoms with Crippen molar-refractivity contribution >= 4 is 6.29 Å². The minimum absolute atomic E-state index is 0.230. The number of carbonyl (C=O) groups excluding carboxylic acids is 1. The van der Waals surface area contributed by atoms with Crippen molar-refractivity contribution < 1.29 is 9.90 Å². The van der Waals surface area contributed by atoms with Crippen molar-refractivity contribution in [3.63, 3.8) is 0 Å². The molecule has 1 aliphatic rings. The van der Waals surface area contributed by atoms with Gasteiger partial charge < -0.3 is 9.90 Å². The monoisotopic (exact) mass is 172 g/mol. The van der Waals surface area contributed by atoms with Crippen molar-refractivity contribution in [3.05, 3.63) is 0 Å². The number of carbonyl (C=O) groups is 1. The first-order chi connectivity index (χ1) is 5.86. The van der Waals surface area contributed by atoms with Crippen molar-refractivity contribution in [3.8, 4) is 0 Å². The summed E-state index contributed by atoms with van der Waals surface area (Å²) in [4.78, 5) is 14.5. The molecule has 12 heavy (non-hydrogen) atoms. The summed E-state index contributed by atoms with van der Waals surface area (Å²) in [6.45, 7) is 5.36. The number of nitrogens with zero attached hydrogens (tertiary/aromatic N) is 2. The summed E-state index contributed by atoms with van der Waals surface area (Å²) >= 11 is 0. The third-order valence-corrected chi connectivity index (χ3v) is 2.21. The van der Waals surface area contributed by atoms with Gasteiger partial charge in [-0.15, -0.1) is 0 Å². The molecule has 1 aliphatic heterocycles. The highest BCUT2D eigenvalue weighted by atomic mass is 16.3. The molecule has 0 aromatic carbocycles. The molecule has 0 amide bonds. The minimum Gasteiger partial charge on any atom is -0.395 e. The van der Waals surface area contributed by atoms with Gasteiger partial charge in [-0.25, -0.2) is 0 Å². The number of hydrogen-bond donors (Lipinski definition) is 1. The molecular weight excluding hydrogens is 156 g/mol. The molecule has 0 aromatic heterocycles. The highest BCUT2D eigenvalue weighted by Gasteiger charge is 2.14. The van der Waals surface area contributed by atoms with Gasteiger partial charge in [0.15, 0.2) is 0 Å². The fraction of sp³-hybridized carbons (Fsp3) is 0.875. The maximum Gasteiger partial charge on any atom is 0.133 e. The molecule has 1 saturated heterocycles. The van der Waals surface area contributed by atoms with E-state index >= 15 is 0 Å². The lowest BCUT2D eigenvalue weighted by atomic mass is 10.3. The van der Waals surface area contributed by atoms with E-state index in [0.29, 0.717) is 6.54 Å². The Morgan fingerprint density at radius 2 is 1.75 bits per heavy atom. The van der Waals surface area contributed by atoms with Crippen LogP contribution in [0.1, 0.15) is 0 Å². The van der Waals surface area contributed by atoms with Crippen molar-refractivity contribution in [2.24, 2.45) is 0 Å². The van der Waals surface area contributed by atoms with Crippen LogP contribution in [0.2, 0.25) is 0 Å². The Hall–Kier alpha value is -0.450. The Kier molecular flexibility index (Phi) is 4.21. The lowest BCUT2D eigenvalue weighted by Crippen LogP contribution is -2.47. The van der Waals surface area contributed by atoms with E-state index in [-0.39, 0.29) is 6.61 Å². The van der Waals surface area contributed by atoms with Gasteiger partial charge in [0.2, 0.25) is 0 Å². The molecule has 0 saturated carbocycles. The maximum absolute atomic E-state index is 10.2. The van der Waals surface area contributed by atoms with Crippen molar-refractivity contribution in [1.29, 1.82) is 0 Å². The van der Waals surface area contributed by atoms with Crippen LogP contribution in [-0.4, -0.2) is 67.1 Å². The molecule has 0 radical (unpaired) electrons. The van der Waals surface area contributed by atoms with Gasteiger partial charge in [-0.1, -0.05) is 0 Å². The minimum atomic E-state index is 0.230. The number of aliphatic hydroxyl groups excluding tert-OH is 1. The lowest BCUT2D eigenvalue weighted by Gasteiger charge is -2.33. The van der Waals surface area contributed by atoms with Gasteiger partial charge in [-0.3, -0.25) is 9.80 Å². The van der Waals surface area contributed by atoms with E-state index in [9.17, 15) is 4.79 Å². The zero-order chi connectivity index (χ0) is 8.81. The van der Waals surface area contributed by atoms with E-state index < -0.39 is 0 Å². The van der Waals surface area contributed by atoms with Crippen molar-refractivity contribution in [2.75, 3.05) is 45.9 Å². The van der Waals surface area contributed by atoms with Gasteiger partial charge in [0, 0.05) is 32.7 Å². The Bertz CT molecular complexity index is 133. The van der Waals surface area contributed by atoms with Gasteiger partial charge in [-0.05, 0) is 0 Å². The van der Waals surface area contributed by atoms with Crippen LogP contribution in [0, 0.1) is 0 Å². The zero-order valence-corrected chi connectivity index (χ0v) is 7.28. The Morgan fingerprint density at radius 1 is 1.17 bits per heavy atom. The smallest absolute Gasteiger partial charge is 0.133 e. The fourth-order valence-electron chi connectivity index (χ4n) is 1.44. The van der Waals surface area contributed by atoms with Crippen LogP contribution in [0.5, 0.6) is 0 Å². The van der Waals surface area contributed by atoms with Crippen LogP contribution in [0.25, 0.3) is 0 Å². The molecule has 1 rings (SSSR count). The molecule has 4 nitrogen and oxygen atoms in total. The maximum atomic E-state index is 10.2. The van der Waals surface area contributed by atoms with E-state index in [0.717, 1.165) is 39.0 Å². The fourth-order valence-corrected chi connectivity index (χ4v) is 1.44. The molecule has 70 valence electrons. The first kappa shape index (κ1) is 9.64. The van der Waals surface area contributed by atoms with Gasteiger partial charge in [0.25, 0.3) is 0 Å². The van der Waals surface area contributed by atoms with Crippen molar-refractivity contribution in [2.45, 2.75) is 0 Å². The van der Waals surface area contributed by atoms with Gasteiger partial charge in [-0.2, -0.15) is 0 Å². The predicted molar refractivity (Wildman–Crippen MR) is 46.0 cm³/mol. The summed E-state index contributed by atoms with van der Waals surface area (Å²) in [5, 5.41) is 8.68. The highest BCUT2D eigenvalue weighted by Crippen LogP contribution is 1.99. The second kappa shape index (κ2) is 5.24. The second-order valence-electron chi connectivity index (χ2n) is 3.03. The van der Waals surface area contributed by atoms with Crippen LogP contribution in [0.15, 0.2) is 0 Å². The summed E-state index contributed by atoms with van der Waals surface area (Å²) < 4.78 is 0. The van der Waals surface area contributed by atoms with Gasteiger partial charge >= 0.3 is 0 Å². The number of piperazine rings is 1. The van der Waals surface area contributed by atoms with E-state index in [1.54, 1.807) is 0 Å². The molecule has 0 aliphatic carbocycles. The molecule has 0 unspecified atom stereocenters. The van der Waals surface area contributed by atoms with E-state index in [4.69, 9.17) is 5.11 Å². The van der Waals surface area contributed by atoms with Gasteiger partial charge in [0.1, 0.15) is 6.29 Å². The number of rotatable bonds is 4. The van der Waals surface area contributed by atoms with Crippen LogP contribution in [-0.2, 0) is 4.79 Å². The third kappa shape index (κ3) is 2.89.